The summed E-state index contributed by atoms with van der Waals surface area (Å²) in [5, 5.41) is 0. The Morgan fingerprint density at radius 1 is 1.14 bits per heavy atom. The van der Waals surface area contributed by atoms with Crippen LogP contribution in [0.25, 0.3) is 0 Å². The van der Waals surface area contributed by atoms with Gasteiger partial charge in [0.15, 0.2) is 23.0 Å². The lowest BCUT2D eigenvalue weighted by molar-refractivity contribution is -0.146. The van der Waals surface area contributed by atoms with E-state index in [0.717, 1.165) is 30.0 Å². The molecule has 1 fully saturated rings. The van der Waals surface area contributed by atoms with Crippen molar-refractivity contribution in [2.24, 2.45) is 11.8 Å². The quantitative estimate of drug-likeness (QED) is 0.739. The fourth-order valence-electron chi connectivity index (χ4n) is 4.83. The fourth-order valence-corrected chi connectivity index (χ4v) is 4.83. The van der Waals surface area contributed by atoms with Crippen LogP contribution in [-0.4, -0.2) is 51.6 Å². The predicted octanol–water partition coefficient (Wildman–Crippen LogP) is 2.18. The van der Waals surface area contributed by atoms with Crippen LogP contribution in [0.4, 0.5) is 0 Å². The average Bonchev–Trinajstić information content (AvgIpc) is 3.29. The van der Waals surface area contributed by atoms with Gasteiger partial charge in [-0.2, -0.15) is 0 Å². The molecule has 0 N–H and O–H groups in total. The van der Waals surface area contributed by atoms with Gasteiger partial charge in [-0.05, 0) is 42.8 Å². The Kier molecular flexibility index (Phi) is 4.01. The Balaban J connectivity index is 1.55. The Bertz CT molecular complexity index is 891. The van der Waals surface area contributed by atoms with Gasteiger partial charge in [-0.15, -0.1) is 0 Å². The molecule has 4 atom stereocenters. The van der Waals surface area contributed by atoms with E-state index in [1.807, 2.05) is 18.2 Å². The highest BCUT2D eigenvalue weighted by Gasteiger charge is 2.53. The number of methoxy groups -OCH3 is 2. The summed E-state index contributed by atoms with van der Waals surface area (Å²) in [5.74, 6) is 1.77. The summed E-state index contributed by atoms with van der Waals surface area (Å²) in [7, 11) is 5.21. The second-order valence-electron chi connectivity index (χ2n) is 7.53. The van der Waals surface area contributed by atoms with Gasteiger partial charge in [0.2, 0.25) is 6.79 Å². The first-order valence-corrected chi connectivity index (χ1v) is 9.46. The third-order valence-corrected chi connectivity index (χ3v) is 6.18. The molecule has 7 heteroatoms. The van der Waals surface area contributed by atoms with E-state index in [2.05, 4.69) is 18.0 Å². The van der Waals surface area contributed by atoms with Gasteiger partial charge in [-0.1, -0.05) is 6.08 Å². The largest absolute Gasteiger partial charge is 0.496 e. The molecule has 0 aromatic heterocycles. The van der Waals surface area contributed by atoms with Crippen molar-refractivity contribution in [2.45, 2.75) is 18.6 Å². The van der Waals surface area contributed by atoms with Gasteiger partial charge in [-0.3, -0.25) is 9.69 Å². The molecule has 1 aliphatic carbocycles. The van der Waals surface area contributed by atoms with Crippen molar-refractivity contribution in [2.75, 3.05) is 34.6 Å². The van der Waals surface area contributed by atoms with E-state index in [1.54, 1.807) is 14.2 Å². The molecule has 3 heterocycles. The van der Waals surface area contributed by atoms with Crippen LogP contribution < -0.4 is 9.47 Å². The molecule has 0 unspecified atom stereocenters. The second-order valence-corrected chi connectivity index (χ2v) is 7.53. The summed E-state index contributed by atoms with van der Waals surface area (Å²) in [6.45, 7) is 1.12. The molecule has 0 saturated carbocycles. The first-order valence-electron chi connectivity index (χ1n) is 9.46. The van der Waals surface area contributed by atoms with E-state index in [0.29, 0.717) is 11.5 Å². The fraction of sp³-hybridized carbons (Fsp3) is 0.476. The molecule has 3 aliphatic heterocycles. The highest BCUT2D eigenvalue weighted by atomic mass is 16.7. The van der Waals surface area contributed by atoms with Crippen molar-refractivity contribution < 1.29 is 28.5 Å². The highest BCUT2D eigenvalue weighted by Crippen LogP contribution is 2.48. The number of carbonyl (C=O) groups excluding carboxylic acids is 1. The molecule has 28 heavy (non-hydrogen) atoms. The van der Waals surface area contributed by atoms with Gasteiger partial charge < -0.3 is 23.7 Å². The number of cyclic esters (lactones) is 1. The minimum atomic E-state index is -0.484. The Hall–Kier alpha value is -2.67. The van der Waals surface area contributed by atoms with Crippen LogP contribution >= 0.6 is 0 Å². The van der Waals surface area contributed by atoms with Gasteiger partial charge in [0, 0.05) is 12.5 Å². The van der Waals surface area contributed by atoms with Crippen LogP contribution in [0.3, 0.4) is 0 Å². The van der Waals surface area contributed by atoms with Crippen LogP contribution in [0, 0.1) is 11.8 Å². The van der Waals surface area contributed by atoms with Crippen LogP contribution in [0.2, 0.25) is 0 Å². The zero-order valence-electron chi connectivity index (χ0n) is 16.1. The molecular weight excluding hydrogens is 362 g/mol. The van der Waals surface area contributed by atoms with Crippen molar-refractivity contribution in [3.8, 4) is 11.5 Å². The zero-order chi connectivity index (χ0) is 19.4. The summed E-state index contributed by atoms with van der Waals surface area (Å²) < 4.78 is 28.0. The summed E-state index contributed by atoms with van der Waals surface area (Å²) >= 11 is 0. The van der Waals surface area contributed by atoms with E-state index in [1.165, 1.54) is 5.56 Å². The lowest BCUT2D eigenvalue weighted by Gasteiger charge is -2.39. The number of benzene rings is 1. The first kappa shape index (κ1) is 17.4. The first-order chi connectivity index (χ1) is 13.6. The van der Waals surface area contributed by atoms with Gasteiger partial charge in [0.05, 0.1) is 20.3 Å². The molecular formula is C21H23NO6. The molecule has 0 amide bonds. The van der Waals surface area contributed by atoms with Crippen LogP contribution in [0.5, 0.6) is 11.5 Å². The van der Waals surface area contributed by atoms with Gasteiger partial charge >= 0.3 is 5.97 Å². The third-order valence-electron chi connectivity index (χ3n) is 6.18. The van der Waals surface area contributed by atoms with Crippen molar-refractivity contribution in [1.82, 2.24) is 4.90 Å². The molecule has 148 valence electrons. The number of hydrogen-bond donors (Lipinski definition) is 0. The van der Waals surface area contributed by atoms with Gasteiger partial charge in [0.25, 0.3) is 0 Å². The molecule has 0 radical (unpaired) electrons. The average molecular weight is 385 g/mol. The standard InChI is InChI=1S/C21H23NO6/c1-22-7-6-11-8-15-16(27-10-26-15)9-13(11)18(22)19-12-4-5-14(24-2)20(25-3)17(12)21(23)28-19/h4-5,8-9,12,17-19H,6-7,10H2,1-3H3/t12-,17-,18+,19-/m0/s1. The topological polar surface area (TPSA) is 66.5 Å². The molecule has 1 aromatic rings. The number of esters is 1. The van der Waals surface area contributed by atoms with Gasteiger partial charge in [-0.25, -0.2) is 0 Å². The van der Waals surface area contributed by atoms with E-state index in [9.17, 15) is 4.79 Å². The molecule has 1 saturated heterocycles. The van der Waals surface area contributed by atoms with E-state index >= 15 is 0 Å². The summed E-state index contributed by atoms with van der Waals surface area (Å²) in [4.78, 5) is 15.1. The maximum Gasteiger partial charge on any atom is 0.317 e. The summed E-state index contributed by atoms with van der Waals surface area (Å²) in [6.07, 6.45) is 4.48. The zero-order valence-corrected chi connectivity index (χ0v) is 16.1. The number of likely N-dealkylation sites (N-methyl/N-ethyl adjacent to an activating group) is 1. The molecule has 0 spiro atoms. The number of allylic oxidation sites excluding steroid dienone is 1. The Morgan fingerprint density at radius 3 is 2.68 bits per heavy atom. The van der Waals surface area contributed by atoms with Crippen molar-refractivity contribution in [1.29, 1.82) is 0 Å². The molecule has 0 bridgehead atoms. The number of rotatable bonds is 3. The third kappa shape index (κ3) is 2.42. The van der Waals surface area contributed by atoms with Crippen molar-refractivity contribution in [3.63, 3.8) is 0 Å². The number of carbonyl (C=O) groups is 1. The SMILES string of the molecule is COC1=C(OC)[C@H]2C(=O)O[C@H]([C@H]3c4cc5c(cc4CCN3C)OCO5)[C@H]2C=C1. The van der Waals surface area contributed by atoms with Crippen LogP contribution in [0.15, 0.2) is 35.8 Å². The molecule has 5 rings (SSSR count). The summed E-state index contributed by atoms with van der Waals surface area (Å²) in [5.41, 5.74) is 2.34. The minimum Gasteiger partial charge on any atom is -0.496 e. The molecule has 1 aromatic carbocycles. The van der Waals surface area contributed by atoms with E-state index in [4.69, 9.17) is 23.7 Å². The lowest BCUT2D eigenvalue weighted by atomic mass is 9.78. The minimum absolute atomic E-state index is 0.0657. The number of nitrogens with zero attached hydrogens (tertiary/aromatic N) is 1. The maximum atomic E-state index is 12.8. The number of hydrogen-bond acceptors (Lipinski definition) is 7. The monoisotopic (exact) mass is 385 g/mol. The Labute approximate surface area is 163 Å². The Morgan fingerprint density at radius 2 is 1.93 bits per heavy atom. The van der Waals surface area contributed by atoms with Gasteiger partial charge in [0.1, 0.15) is 12.0 Å². The van der Waals surface area contributed by atoms with Crippen LogP contribution in [0.1, 0.15) is 17.2 Å². The molecule has 4 aliphatic rings. The van der Waals surface area contributed by atoms with Crippen molar-refractivity contribution >= 4 is 5.97 Å². The number of fused-ring (bicyclic) bond motifs is 3. The predicted molar refractivity (Wildman–Crippen MR) is 98.7 cm³/mol. The smallest absolute Gasteiger partial charge is 0.317 e. The lowest BCUT2D eigenvalue weighted by Crippen LogP contribution is -2.42. The second kappa shape index (κ2) is 6.44. The maximum absolute atomic E-state index is 12.8. The highest BCUT2D eigenvalue weighted by molar-refractivity contribution is 5.79. The number of ether oxygens (including phenoxy) is 5. The van der Waals surface area contributed by atoms with E-state index < -0.39 is 5.92 Å². The van der Waals surface area contributed by atoms with E-state index in [-0.39, 0.29) is 30.8 Å². The van der Waals surface area contributed by atoms with Crippen LogP contribution in [-0.2, 0) is 25.4 Å². The normalized spacial score (nSPS) is 30.8. The van der Waals surface area contributed by atoms with Crippen molar-refractivity contribution in [3.05, 3.63) is 46.9 Å². The molecule has 7 nitrogen and oxygen atoms in total. The summed E-state index contributed by atoms with van der Waals surface area (Å²) in [6, 6.07) is 4.04.